The van der Waals surface area contributed by atoms with Gasteiger partial charge in [-0.25, -0.2) is 4.68 Å². The number of hydrogen-bond donors (Lipinski definition) is 0. The molecule has 2 fully saturated rings. The van der Waals surface area contributed by atoms with E-state index in [4.69, 9.17) is 4.42 Å². The topological polar surface area (TPSA) is 64.2 Å². The molecule has 4 rings (SSSR count). The number of furan rings is 1. The van der Waals surface area contributed by atoms with Gasteiger partial charge < -0.3 is 9.32 Å². The zero-order valence-corrected chi connectivity index (χ0v) is 12.3. The molecular formula is C13H13BrN4O2. The van der Waals surface area contributed by atoms with Gasteiger partial charge in [-0.3, -0.25) is 4.79 Å². The van der Waals surface area contributed by atoms with Crippen LogP contribution in [0.1, 0.15) is 41.1 Å². The maximum absolute atomic E-state index is 12.1. The fourth-order valence-electron chi connectivity index (χ4n) is 2.41. The fourth-order valence-corrected chi connectivity index (χ4v) is 2.72. The Bertz CT molecular complexity index is 655. The molecule has 1 saturated carbocycles. The minimum atomic E-state index is -0.0746. The van der Waals surface area contributed by atoms with Gasteiger partial charge in [0.1, 0.15) is 0 Å². The van der Waals surface area contributed by atoms with E-state index in [0.29, 0.717) is 29.4 Å². The van der Waals surface area contributed by atoms with Crippen LogP contribution in [0.2, 0.25) is 0 Å². The largest absolute Gasteiger partial charge is 0.444 e. The van der Waals surface area contributed by atoms with Gasteiger partial charge in [0, 0.05) is 25.2 Å². The summed E-state index contributed by atoms with van der Waals surface area (Å²) in [6, 6.07) is 3.64. The number of hydrogen-bond acceptors (Lipinski definition) is 4. The summed E-state index contributed by atoms with van der Waals surface area (Å²) in [5.74, 6) is 0.907. The van der Waals surface area contributed by atoms with Gasteiger partial charge in [0.2, 0.25) is 0 Å². The first-order chi connectivity index (χ1) is 9.70. The molecule has 20 heavy (non-hydrogen) atoms. The molecule has 7 heteroatoms. The van der Waals surface area contributed by atoms with Crippen molar-refractivity contribution >= 4 is 21.8 Å². The Morgan fingerprint density at radius 3 is 2.80 bits per heavy atom. The molecule has 0 bridgehead atoms. The van der Waals surface area contributed by atoms with Crippen molar-refractivity contribution in [1.82, 2.24) is 19.9 Å². The van der Waals surface area contributed by atoms with Gasteiger partial charge in [0.05, 0.1) is 11.7 Å². The van der Waals surface area contributed by atoms with E-state index in [1.165, 1.54) is 12.8 Å². The average Bonchev–Trinajstić information content (AvgIpc) is 2.96. The second kappa shape index (κ2) is 4.44. The van der Waals surface area contributed by atoms with Crippen molar-refractivity contribution < 1.29 is 9.21 Å². The minimum absolute atomic E-state index is 0.0746. The molecule has 1 aliphatic carbocycles. The molecule has 0 atom stereocenters. The second-order valence-corrected chi connectivity index (χ2v) is 6.15. The molecule has 1 saturated heterocycles. The molecule has 0 aromatic carbocycles. The molecule has 1 aliphatic heterocycles. The van der Waals surface area contributed by atoms with Crippen LogP contribution in [-0.2, 0) is 0 Å². The van der Waals surface area contributed by atoms with Crippen molar-refractivity contribution in [2.24, 2.45) is 0 Å². The van der Waals surface area contributed by atoms with Crippen LogP contribution in [0, 0.1) is 0 Å². The van der Waals surface area contributed by atoms with E-state index in [1.54, 1.807) is 17.0 Å². The third kappa shape index (κ3) is 2.06. The first-order valence-corrected chi connectivity index (χ1v) is 7.46. The second-order valence-electron chi connectivity index (χ2n) is 5.37. The Hall–Kier alpha value is -1.63. The van der Waals surface area contributed by atoms with Crippen LogP contribution < -0.4 is 0 Å². The van der Waals surface area contributed by atoms with E-state index in [2.05, 4.69) is 26.2 Å². The van der Waals surface area contributed by atoms with E-state index < -0.39 is 0 Å². The lowest BCUT2D eigenvalue weighted by Crippen LogP contribution is -2.50. The number of amides is 1. The van der Waals surface area contributed by atoms with E-state index in [0.717, 1.165) is 5.69 Å². The number of carbonyl (C=O) groups excluding carboxylic acids is 1. The quantitative estimate of drug-likeness (QED) is 0.861. The predicted octanol–water partition coefficient (Wildman–Crippen LogP) is 2.21. The van der Waals surface area contributed by atoms with Crippen molar-refractivity contribution in [3.63, 3.8) is 0 Å². The predicted molar refractivity (Wildman–Crippen MR) is 73.3 cm³/mol. The third-order valence-electron chi connectivity index (χ3n) is 3.83. The monoisotopic (exact) mass is 336 g/mol. The average molecular weight is 337 g/mol. The van der Waals surface area contributed by atoms with Gasteiger partial charge in [-0.1, -0.05) is 5.21 Å². The number of likely N-dealkylation sites (tertiary alicyclic amines) is 1. The summed E-state index contributed by atoms with van der Waals surface area (Å²) in [5.41, 5.74) is 1.09. The molecule has 0 radical (unpaired) electrons. The van der Waals surface area contributed by atoms with Gasteiger partial charge in [0.25, 0.3) is 5.91 Å². The van der Waals surface area contributed by atoms with Crippen molar-refractivity contribution in [1.29, 1.82) is 0 Å². The standard InChI is InChI=1S/C13H13BrN4O2/c14-12-4-3-11(20-12)13(19)17-5-9(6-17)18-7-10(15-16-18)8-1-2-8/h3-4,7-9H,1-2,5-6H2. The summed E-state index contributed by atoms with van der Waals surface area (Å²) < 4.78 is 7.73. The zero-order chi connectivity index (χ0) is 13.7. The Labute approximate surface area is 123 Å². The first-order valence-electron chi connectivity index (χ1n) is 6.67. The van der Waals surface area contributed by atoms with Crippen LogP contribution in [0.5, 0.6) is 0 Å². The Balaban J connectivity index is 1.39. The summed E-state index contributed by atoms with van der Waals surface area (Å²) in [6.45, 7) is 1.31. The van der Waals surface area contributed by atoms with Gasteiger partial charge in [-0.05, 0) is 40.9 Å². The molecular weight excluding hydrogens is 324 g/mol. The molecule has 2 aliphatic rings. The zero-order valence-electron chi connectivity index (χ0n) is 10.7. The summed E-state index contributed by atoms with van der Waals surface area (Å²) in [5, 5.41) is 8.37. The van der Waals surface area contributed by atoms with Crippen molar-refractivity contribution in [3.05, 3.63) is 34.5 Å². The summed E-state index contributed by atoms with van der Waals surface area (Å²) in [4.78, 5) is 13.9. The van der Waals surface area contributed by atoms with E-state index in [1.807, 2.05) is 10.9 Å². The van der Waals surface area contributed by atoms with Gasteiger partial charge in [-0.15, -0.1) is 5.10 Å². The molecule has 104 valence electrons. The highest BCUT2D eigenvalue weighted by Gasteiger charge is 2.35. The van der Waals surface area contributed by atoms with Crippen LogP contribution in [-0.4, -0.2) is 38.9 Å². The van der Waals surface area contributed by atoms with Crippen molar-refractivity contribution in [2.75, 3.05) is 13.1 Å². The van der Waals surface area contributed by atoms with E-state index in [9.17, 15) is 4.79 Å². The van der Waals surface area contributed by atoms with Crippen molar-refractivity contribution in [3.8, 4) is 0 Å². The Kier molecular flexibility index (Phi) is 2.70. The molecule has 0 N–H and O–H groups in total. The molecule has 0 unspecified atom stereocenters. The number of halogens is 1. The normalized spacial score (nSPS) is 19.1. The maximum atomic E-state index is 12.1. The highest BCUT2D eigenvalue weighted by Crippen LogP contribution is 2.39. The molecule has 1 amide bonds. The fraction of sp³-hybridized carbons (Fsp3) is 0.462. The lowest BCUT2D eigenvalue weighted by Gasteiger charge is -2.38. The molecule has 6 nitrogen and oxygen atoms in total. The van der Waals surface area contributed by atoms with E-state index >= 15 is 0 Å². The molecule has 0 spiro atoms. The van der Waals surface area contributed by atoms with Crippen LogP contribution in [0.3, 0.4) is 0 Å². The maximum Gasteiger partial charge on any atom is 0.289 e. The van der Waals surface area contributed by atoms with Crippen LogP contribution in [0.4, 0.5) is 0 Å². The lowest BCUT2D eigenvalue weighted by atomic mass is 10.1. The van der Waals surface area contributed by atoms with Crippen LogP contribution in [0.25, 0.3) is 0 Å². The SMILES string of the molecule is O=C(c1ccc(Br)o1)N1CC(n2cc(C3CC3)nn2)C1. The number of rotatable bonds is 3. The van der Waals surface area contributed by atoms with Gasteiger partial charge >= 0.3 is 0 Å². The molecule has 3 heterocycles. The highest BCUT2D eigenvalue weighted by molar-refractivity contribution is 9.10. The van der Waals surface area contributed by atoms with Crippen LogP contribution >= 0.6 is 15.9 Å². The van der Waals surface area contributed by atoms with E-state index in [-0.39, 0.29) is 11.9 Å². The lowest BCUT2D eigenvalue weighted by molar-refractivity contribution is 0.0465. The smallest absolute Gasteiger partial charge is 0.289 e. The van der Waals surface area contributed by atoms with Crippen molar-refractivity contribution in [2.45, 2.75) is 24.8 Å². The summed E-state index contributed by atoms with van der Waals surface area (Å²) in [7, 11) is 0. The third-order valence-corrected chi connectivity index (χ3v) is 4.26. The number of nitrogens with zero attached hydrogens (tertiary/aromatic N) is 4. The van der Waals surface area contributed by atoms with Crippen LogP contribution in [0.15, 0.2) is 27.4 Å². The van der Waals surface area contributed by atoms with Gasteiger partial charge in [-0.2, -0.15) is 0 Å². The summed E-state index contributed by atoms with van der Waals surface area (Å²) in [6.07, 6.45) is 4.47. The molecule has 2 aromatic heterocycles. The number of carbonyl (C=O) groups is 1. The first kappa shape index (κ1) is 12.1. The Morgan fingerprint density at radius 2 is 2.15 bits per heavy atom. The highest BCUT2D eigenvalue weighted by atomic mass is 79.9. The number of aromatic nitrogens is 3. The van der Waals surface area contributed by atoms with Gasteiger partial charge in [0.15, 0.2) is 10.4 Å². The summed E-state index contributed by atoms with van der Waals surface area (Å²) >= 11 is 3.20. The minimum Gasteiger partial charge on any atom is -0.444 e. The molecule has 2 aromatic rings. The Morgan fingerprint density at radius 1 is 1.35 bits per heavy atom.